The third kappa shape index (κ3) is 2.96. The molecule has 0 bridgehead atoms. The first-order valence-electron chi connectivity index (χ1n) is 8.76. The fourth-order valence-electron chi connectivity index (χ4n) is 3.26. The predicted octanol–water partition coefficient (Wildman–Crippen LogP) is 6.39. The minimum absolute atomic E-state index is 0.881. The van der Waals surface area contributed by atoms with Gasteiger partial charge in [0.15, 0.2) is 0 Å². The number of unbranched alkanes of at least 4 members (excludes halogenated alkanes) is 1. The Balaban J connectivity index is 1.96. The van der Waals surface area contributed by atoms with Crippen molar-refractivity contribution in [2.24, 2.45) is 0 Å². The predicted molar refractivity (Wildman–Crippen MR) is 108 cm³/mol. The molecule has 0 aliphatic carbocycles. The largest absolute Gasteiger partial charge is 0.347 e. The zero-order chi connectivity index (χ0) is 17.2. The van der Waals surface area contributed by atoms with Gasteiger partial charge in [-0.15, -0.1) is 0 Å². The van der Waals surface area contributed by atoms with Gasteiger partial charge in [-0.1, -0.05) is 68.0 Å². The maximum absolute atomic E-state index is 5.82. The van der Waals surface area contributed by atoms with Crippen molar-refractivity contribution in [1.82, 2.24) is 9.55 Å². The molecule has 0 spiro atoms. The Bertz CT molecular complexity index is 1110. The number of pyridine rings is 2. The molecule has 0 unspecified atom stereocenters. The van der Waals surface area contributed by atoms with E-state index >= 15 is 0 Å². The van der Waals surface area contributed by atoms with Crippen LogP contribution in [-0.4, -0.2) is 9.55 Å². The summed E-state index contributed by atoms with van der Waals surface area (Å²) < 4.78 is 3.20. The molecule has 0 aliphatic heterocycles. The zero-order valence-electron chi connectivity index (χ0n) is 14.3. The Morgan fingerprint density at radius 1 is 0.960 bits per heavy atom. The number of fused-ring (bicyclic) bond motifs is 2. The first kappa shape index (κ1) is 16.0. The van der Waals surface area contributed by atoms with E-state index in [0.717, 1.165) is 45.0 Å². The van der Waals surface area contributed by atoms with Crippen LogP contribution < -0.4 is 0 Å². The van der Waals surface area contributed by atoms with Crippen molar-refractivity contribution < 1.29 is 0 Å². The van der Waals surface area contributed by atoms with Gasteiger partial charge in [-0.3, -0.25) is 0 Å². The van der Waals surface area contributed by atoms with Crippen LogP contribution in [0.3, 0.4) is 0 Å². The van der Waals surface area contributed by atoms with E-state index in [1.54, 1.807) is 0 Å². The van der Waals surface area contributed by atoms with Gasteiger partial charge in [0.25, 0.3) is 0 Å². The Labute approximate surface area is 152 Å². The lowest BCUT2D eigenvalue weighted by molar-refractivity contribution is 0.647. The average molecular weight is 344 g/mol. The third-order valence-corrected chi connectivity index (χ3v) is 5.05. The number of aryl methyl sites for hydroxylation is 1. The zero-order valence-corrected chi connectivity index (χ0v) is 15.1. The Kier molecular flexibility index (Phi) is 4.33. The van der Waals surface area contributed by atoms with Gasteiger partial charge < -0.3 is 4.57 Å². The summed E-state index contributed by atoms with van der Waals surface area (Å²) in [5.74, 6) is 0. The van der Waals surface area contributed by atoms with Gasteiger partial charge in [0.1, 0.15) is 0 Å². The van der Waals surface area contributed by atoms with E-state index in [2.05, 4.69) is 60.2 Å². The molecule has 4 rings (SSSR count). The minimum atomic E-state index is 0.881. The molecule has 2 nitrogen and oxygen atoms in total. The Morgan fingerprint density at radius 2 is 1.76 bits per heavy atom. The molecular weight excluding hydrogens is 324 g/mol. The van der Waals surface area contributed by atoms with E-state index in [1.165, 1.54) is 11.9 Å². The highest BCUT2D eigenvalue weighted by Crippen LogP contribution is 2.27. The molecule has 2 aromatic carbocycles. The molecule has 0 fully saturated rings. The summed E-state index contributed by atoms with van der Waals surface area (Å²) in [7, 11) is 0. The molecule has 25 heavy (non-hydrogen) atoms. The first-order valence-corrected chi connectivity index (χ1v) is 9.17. The van der Waals surface area contributed by atoms with E-state index in [-0.39, 0.29) is 0 Å². The van der Waals surface area contributed by atoms with E-state index < -0.39 is 0 Å². The van der Waals surface area contributed by atoms with Gasteiger partial charge in [0, 0.05) is 34.6 Å². The standard InChI is InChI=1S/C22H20N2S/c1-2-3-14-24-15-18(22(25)17-9-5-7-11-21(17)24)20-13-12-16-8-4-6-10-19(16)23-20/h4-13,15H,2-3,14H2,1H3. The maximum Gasteiger partial charge on any atom is 0.0739 e. The summed E-state index contributed by atoms with van der Waals surface area (Å²) in [6.07, 6.45) is 4.49. The van der Waals surface area contributed by atoms with Crippen molar-refractivity contribution in [1.29, 1.82) is 0 Å². The molecule has 0 amide bonds. The van der Waals surface area contributed by atoms with Crippen LogP contribution in [0.5, 0.6) is 0 Å². The summed E-state index contributed by atoms with van der Waals surface area (Å²) in [6.45, 7) is 3.21. The van der Waals surface area contributed by atoms with Gasteiger partial charge >= 0.3 is 0 Å². The molecule has 0 saturated carbocycles. The lowest BCUT2D eigenvalue weighted by Gasteiger charge is -2.14. The summed E-state index contributed by atoms with van der Waals surface area (Å²) in [4.78, 5) is 4.85. The highest BCUT2D eigenvalue weighted by molar-refractivity contribution is 7.71. The lowest BCUT2D eigenvalue weighted by Crippen LogP contribution is -2.02. The Morgan fingerprint density at radius 3 is 2.64 bits per heavy atom. The van der Waals surface area contributed by atoms with Crippen molar-refractivity contribution >= 4 is 34.0 Å². The first-order chi connectivity index (χ1) is 12.3. The second-order valence-corrected chi connectivity index (χ2v) is 6.73. The molecular formula is C22H20N2S. The SMILES string of the molecule is CCCCn1cc(-c2ccc3ccccc3n2)c(=S)c2ccccc21. The van der Waals surface area contributed by atoms with Gasteiger partial charge in [0.2, 0.25) is 0 Å². The quantitative estimate of drug-likeness (QED) is 0.399. The maximum atomic E-state index is 5.82. The van der Waals surface area contributed by atoms with Crippen molar-refractivity contribution in [2.75, 3.05) is 0 Å². The van der Waals surface area contributed by atoms with Crippen molar-refractivity contribution in [3.63, 3.8) is 0 Å². The molecule has 0 aliphatic rings. The number of aromatic nitrogens is 2. The average Bonchev–Trinajstić information content (AvgIpc) is 2.67. The second-order valence-electron chi connectivity index (χ2n) is 6.33. The van der Waals surface area contributed by atoms with Gasteiger partial charge in [-0.2, -0.15) is 0 Å². The normalized spacial score (nSPS) is 11.2. The molecule has 0 radical (unpaired) electrons. The molecule has 2 aromatic heterocycles. The fraction of sp³-hybridized carbons (Fsp3) is 0.182. The van der Waals surface area contributed by atoms with E-state index in [1.807, 2.05) is 18.2 Å². The molecule has 0 N–H and O–H groups in total. The minimum Gasteiger partial charge on any atom is -0.347 e. The molecule has 124 valence electrons. The molecule has 0 saturated heterocycles. The van der Waals surface area contributed by atoms with Crippen molar-refractivity contribution in [3.05, 3.63) is 71.4 Å². The van der Waals surface area contributed by atoms with Crippen LogP contribution in [0, 0.1) is 4.51 Å². The van der Waals surface area contributed by atoms with Crippen LogP contribution in [0.4, 0.5) is 0 Å². The fourth-order valence-corrected chi connectivity index (χ4v) is 3.59. The van der Waals surface area contributed by atoms with Gasteiger partial charge in [0.05, 0.1) is 15.7 Å². The van der Waals surface area contributed by atoms with E-state index in [0.29, 0.717) is 0 Å². The van der Waals surface area contributed by atoms with Crippen molar-refractivity contribution in [3.8, 4) is 11.3 Å². The van der Waals surface area contributed by atoms with Crippen LogP contribution in [0.2, 0.25) is 0 Å². The Hall–Kier alpha value is -2.52. The van der Waals surface area contributed by atoms with Gasteiger partial charge in [-0.25, -0.2) is 4.98 Å². The monoisotopic (exact) mass is 344 g/mol. The topological polar surface area (TPSA) is 17.8 Å². The van der Waals surface area contributed by atoms with E-state index in [9.17, 15) is 0 Å². The van der Waals surface area contributed by atoms with Crippen LogP contribution in [0.1, 0.15) is 19.8 Å². The molecule has 0 atom stereocenters. The van der Waals surface area contributed by atoms with Crippen LogP contribution in [0.15, 0.2) is 66.9 Å². The smallest absolute Gasteiger partial charge is 0.0739 e. The number of para-hydroxylation sites is 2. The molecule has 4 aromatic rings. The number of nitrogens with zero attached hydrogens (tertiary/aromatic N) is 2. The number of hydrogen-bond donors (Lipinski definition) is 0. The van der Waals surface area contributed by atoms with E-state index in [4.69, 9.17) is 17.2 Å². The number of rotatable bonds is 4. The summed E-state index contributed by atoms with van der Waals surface area (Å²) >= 11 is 5.82. The van der Waals surface area contributed by atoms with Crippen LogP contribution >= 0.6 is 12.2 Å². The molecule has 3 heteroatoms. The second kappa shape index (κ2) is 6.77. The highest BCUT2D eigenvalue weighted by atomic mass is 32.1. The summed E-state index contributed by atoms with van der Waals surface area (Å²) in [5.41, 5.74) is 4.18. The van der Waals surface area contributed by atoms with Crippen LogP contribution in [0.25, 0.3) is 33.1 Å². The van der Waals surface area contributed by atoms with Crippen molar-refractivity contribution in [2.45, 2.75) is 26.3 Å². The number of hydrogen-bond acceptors (Lipinski definition) is 2. The third-order valence-electron chi connectivity index (χ3n) is 4.61. The summed E-state index contributed by atoms with van der Waals surface area (Å²) in [5, 5.41) is 2.28. The summed E-state index contributed by atoms with van der Waals surface area (Å²) in [6, 6.07) is 20.8. The lowest BCUT2D eigenvalue weighted by atomic mass is 10.1. The van der Waals surface area contributed by atoms with Crippen LogP contribution in [-0.2, 0) is 6.54 Å². The highest BCUT2D eigenvalue weighted by Gasteiger charge is 2.09. The number of benzene rings is 2. The van der Waals surface area contributed by atoms with Gasteiger partial charge in [-0.05, 0) is 24.6 Å². The molecule has 2 heterocycles.